The van der Waals surface area contributed by atoms with Crippen LogP contribution in [0.5, 0.6) is 0 Å². The van der Waals surface area contributed by atoms with Crippen molar-refractivity contribution in [1.29, 1.82) is 0 Å². The third kappa shape index (κ3) is 6.19. The van der Waals surface area contributed by atoms with E-state index < -0.39 is 15.6 Å². The van der Waals surface area contributed by atoms with Gasteiger partial charge < -0.3 is 5.32 Å². The predicted molar refractivity (Wildman–Crippen MR) is 109 cm³/mol. The SMILES string of the molecule is CCC[C@H](C(=O)Nc1cccc(S(=O)(=O)NC(C)(C)C)c1)c1ccccc1. The topological polar surface area (TPSA) is 75.3 Å². The van der Waals surface area contributed by atoms with Gasteiger partial charge in [0.05, 0.1) is 10.8 Å². The summed E-state index contributed by atoms with van der Waals surface area (Å²) in [4.78, 5) is 12.9. The molecule has 0 saturated carbocycles. The number of nitrogens with one attached hydrogen (secondary N) is 2. The smallest absolute Gasteiger partial charge is 0.241 e. The molecule has 0 saturated heterocycles. The number of carbonyl (C=O) groups excluding carboxylic acids is 1. The van der Waals surface area contributed by atoms with E-state index >= 15 is 0 Å². The summed E-state index contributed by atoms with van der Waals surface area (Å²) in [6.07, 6.45) is 1.59. The highest BCUT2D eigenvalue weighted by molar-refractivity contribution is 7.89. The third-order valence-electron chi connectivity index (χ3n) is 3.95. The largest absolute Gasteiger partial charge is 0.326 e. The molecule has 0 heterocycles. The normalized spacial score (nSPS) is 13.2. The van der Waals surface area contributed by atoms with E-state index in [4.69, 9.17) is 0 Å². The van der Waals surface area contributed by atoms with Crippen molar-refractivity contribution in [3.8, 4) is 0 Å². The minimum absolute atomic E-state index is 0.127. The molecule has 2 aromatic carbocycles. The quantitative estimate of drug-likeness (QED) is 0.743. The lowest BCUT2D eigenvalue weighted by Crippen LogP contribution is -2.40. The second kappa shape index (κ2) is 8.67. The van der Waals surface area contributed by atoms with Gasteiger partial charge in [-0.05, 0) is 51.0 Å². The lowest BCUT2D eigenvalue weighted by atomic mass is 9.93. The van der Waals surface area contributed by atoms with Gasteiger partial charge in [0, 0.05) is 11.2 Å². The Labute approximate surface area is 162 Å². The van der Waals surface area contributed by atoms with Crippen LogP contribution in [0, 0.1) is 0 Å². The van der Waals surface area contributed by atoms with Crippen molar-refractivity contribution in [3.05, 3.63) is 60.2 Å². The Kier molecular flexibility index (Phi) is 6.78. The summed E-state index contributed by atoms with van der Waals surface area (Å²) in [7, 11) is -3.66. The summed E-state index contributed by atoms with van der Waals surface area (Å²) in [5.41, 5.74) is 0.835. The lowest BCUT2D eigenvalue weighted by Gasteiger charge is -2.21. The van der Waals surface area contributed by atoms with Gasteiger partial charge in [-0.25, -0.2) is 13.1 Å². The Bertz CT molecular complexity index is 872. The highest BCUT2D eigenvalue weighted by Gasteiger charge is 2.23. The summed E-state index contributed by atoms with van der Waals surface area (Å²) in [6.45, 7) is 7.39. The molecule has 0 aromatic heterocycles. The molecule has 0 aliphatic carbocycles. The van der Waals surface area contributed by atoms with Crippen LogP contribution < -0.4 is 10.0 Å². The van der Waals surface area contributed by atoms with Gasteiger partial charge in [-0.1, -0.05) is 49.7 Å². The van der Waals surface area contributed by atoms with Crippen molar-refractivity contribution >= 4 is 21.6 Å². The molecule has 0 bridgehead atoms. The van der Waals surface area contributed by atoms with Crippen LogP contribution in [0.4, 0.5) is 5.69 Å². The van der Waals surface area contributed by atoms with Gasteiger partial charge in [0.2, 0.25) is 15.9 Å². The second-order valence-electron chi connectivity index (χ2n) is 7.62. The first-order chi connectivity index (χ1) is 12.6. The van der Waals surface area contributed by atoms with Crippen LogP contribution in [0.1, 0.15) is 52.0 Å². The summed E-state index contributed by atoms with van der Waals surface area (Å²) in [6, 6.07) is 16.0. The van der Waals surface area contributed by atoms with E-state index in [1.165, 1.54) is 12.1 Å². The Balaban J connectivity index is 2.23. The predicted octanol–water partition coefficient (Wildman–Crippen LogP) is 4.29. The average Bonchev–Trinajstić information content (AvgIpc) is 2.58. The van der Waals surface area contributed by atoms with Crippen molar-refractivity contribution in [1.82, 2.24) is 4.72 Å². The van der Waals surface area contributed by atoms with Gasteiger partial charge in [0.1, 0.15) is 0 Å². The fourth-order valence-corrected chi connectivity index (χ4v) is 4.32. The van der Waals surface area contributed by atoms with Crippen LogP contribution in [-0.2, 0) is 14.8 Å². The zero-order chi connectivity index (χ0) is 20.1. The molecule has 0 aliphatic heterocycles. The third-order valence-corrected chi connectivity index (χ3v) is 5.70. The molecule has 146 valence electrons. The highest BCUT2D eigenvalue weighted by Crippen LogP contribution is 2.24. The summed E-state index contributed by atoms with van der Waals surface area (Å²) in [5, 5.41) is 2.87. The van der Waals surface area contributed by atoms with Crippen LogP contribution in [0.3, 0.4) is 0 Å². The summed E-state index contributed by atoms with van der Waals surface area (Å²) >= 11 is 0. The van der Waals surface area contributed by atoms with Crippen molar-refractivity contribution in [2.75, 3.05) is 5.32 Å². The Morgan fingerprint density at radius 2 is 1.70 bits per heavy atom. The van der Waals surface area contributed by atoms with Gasteiger partial charge in [-0.3, -0.25) is 4.79 Å². The van der Waals surface area contributed by atoms with Crippen molar-refractivity contribution in [2.45, 2.75) is 56.9 Å². The van der Waals surface area contributed by atoms with Crippen molar-refractivity contribution in [3.63, 3.8) is 0 Å². The van der Waals surface area contributed by atoms with E-state index in [1.807, 2.05) is 37.3 Å². The molecular formula is C21H28N2O3S. The molecule has 2 rings (SSSR count). The Hall–Kier alpha value is -2.18. The lowest BCUT2D eigenvalue weighted by molar-refractivity contribution is -0.117. The Morgan fingerprint density at radius 1 is 1.04 bits per heavy atom. The van der Waals surface area contributed by atoms with Gasteiger partial charge in [0.25, 0.3) is 0 Å². The monoisotopic (exact) mass is 388 g/mol. The first-order valence-corrected chi connectivity index (χ1v) is 10.6. The van der Waals surface area contributed by atoms with Gasteiger partial charge >= 0.3 is 0 Å². The first-order valence-electron chi connectivity index (χ1n) is 9.12. The average molecular weight is 389 g/mol. The fraction of sp³-hybridized carbons (Fsp3) is 0.381. The molecule has 0 radical (unpaired) electrons. The van der Waals surface area contributed by atoms with Crippen molar-refractivity contribution in [2.24, 2.45) is 0 Å². The molecule has 0 fully saturated rings. The number of hydrogen-bond acceptors (Lipinski definition) is 3. The number of amides is 1. The number of anilines is 1. The molecule has 1 atom stereocenters. The summed E-state index contributed by atoms with van der Waals surface area (Å²) in [5.74, 6) is -0.412. The van der Waals surface area contributed by atoms with Gasteiger partial charge in [-0.15, -0.1) is 0 Å². The zero-order valence-electron chi connectivity index (χ0n) is 16.3. The minimum atomic E-state index is -3.66. The maximum atomic E-state index is 12.8. The maximum absolute atomic E-state index is 12.8. The first kappa shape index (κ1) is 21.1. The molecule has 0 aliphatic rings. The Morgan fingerprint density at radius 3 is 2.30 bits per heavy atom. The zero-order valence-corrected chi connectivity index (χ0v) is 17.1. The number of rotatable bonds is 7. The number of sulfonamides is 1. The van der Waals surface area contributed by atoms with E-state index in [2.05, 4.69) is 10.0 Å². The van der Waals surface area contributed by atoms with E-state index in [0.717, 1.165) is 18.4 Å². The molecule has 2 aromatic rings. The molecule has 1 amide bonds. The maximum Gasteiger partial charge on any atom is 0.241 e. The molecule has 27 heavy (non-hydrogen) atoms. The molecule has 0 unspecified atom stereocenters. The van der Waals surface area contributed by atoms with E-state index in [-0.39, 0.29) is 16.7 Å². The second-order valence-corrected chi connectivity index (χ2v) is 9.31. The van der Waals surface area contributed by atoms with Crippen LogP contribution in [-0.4, -0.2) is 19.9 Å². The number of carbonyl (C=O) groups is 1. The minimum Gasteiger partial charge on any atom is -0.326 e. The van der Waals surface area contributed by atoms with Gasteiger partial charge in [0.15, 0.2) is 0 Å². The van der Waals surface area contributed by atoms with Crippen LogP contribution in [0.25, 0.3) is 0 Å². The van der Waals surface area contributed by atoms with Crippen LogP contribution >= 0.6 is 0 Å². The molecular weight excluding hydrogens is 360 g/mol. The standard InChI is InChI=1S/C21H28N2O3S/c1-5-10-19(16-11-7-6-8-12-16)20(24)22-17-13-9-14-18(15-17)27(25,26)23-21(2,3)4/h6-9,11-15,19,23H,5,10H2,1-4H3,(H,22,24)/t19-/m0/s1. The summed E-state index contributed by atoms with van der Waals surface area (Å²) < 4.78 is 27.7. The fourth-order valence-electron chi connectivity index (χ4n) is 2.86. The molecule has 0 spiro atoms. The van der Waals surface area contributed by atoms with E-state index in [0.29, 0.717) is 5.69 Å². The van der Waals surface area contributed by atoms with Crippen LogP contribution in [0.2, 0.25) is 0 Å². The van der Waals surface area contributed by atoms with Gasteiger partial charge in [-0.2, -0.15) is 0 Å². The van der Waals surface area contributed by atoms with Crippen molar-refractivity contribution < 1.29 is 13.2 Å². The molecule has 2 N–H and O–H groups in total. The van der Waals surface area contributed by atoms with E-state index in [1.54, 1.807) is 32.9 Å². The van der Waals surface area contributed by atoms with E-state index in [9.17, 15) is 13.2 Å². The van der Waals surface area contributed by atoms with Crippen LogP contribution in [0.15, 0.2) is 59.5 Å². The highest BCUT2D eigenvalue weighted by atomic mass is 32.2. The number of hydrogen-bond donors (Lipinski definition) is 2. The molecule has 6 heteroatoms. The number of benzene rings is 2. The molecule has 5 nitrogen and oxygen atoms in total.